The van der Waals surface area contributed by atoms with E-state index in [1.165, 1.54) is 48.4 Å². The lowest BCUT2D eigenvalue weighted by molar-refractivity contribution is 0.0919. The number of nitrogens with zero attached hydrogens (tertiary/aromatic N) is 6. The number of halogens is 2. The van der Waals surface area contributed by atoms with E-state index in [-0.39, 0.29) is 28.5 Å². The highest BCUT2D eigenvalue weighted by atomic mass is 35.5. The molecule has 0 amide bonds. The fourth-order valence-electron chi connectivity index (χ4n) is 3.39. The zero-order valence-corrected chi connectivity index (χ0v) is 20.2. The average molecular weight is 540 g/mol. The second kappa shape index (κ2) is 10.2. The summed E-state index contributed by atoms with van der Waals surface area (Å²) in [7, 11) is 0. The molecule has 1 N–H and O–H groups in total. The Hall–Kier alpha value is -4.49. The van der Waals surface area contributed by atoms with Crippen molar-refractivity contribution in [2.45, 2.75) is 13.1 Å². The Morgan fingerprint density at radius 1 is 1.16 bits per heavy atom. The van der Waals surface area contributed by atoms with Gasteiger partial charge >= 0.3 is 5.91 Å². The summed E-state index contributed by atoms with van der Waals surface area (Å²) in [6.45, 7) is -0.142. The third kappa shape index (κ3) is 5.22. The SMILES string of the molecule is O=C(Cn1cc(-c2cc(NCc3ccc(Cl)s3)n(C(=O)c3cnco3)n2)cc(F)c1=O)c1cnccn1. The molecule has 0 aliphatic heterocycles. The zero-order chi connectivity index (χ0) is 25.9. The lowest BCUT2D eigenvalue weighted by Crippen LogP contribution is -2.26. The molecule has 0 aliphatic carbocycles. The van der Waals surface area contributed by atoms with Gasteiger partial charge in [-0.15, -0.1) is 11.3 Å². The Morgan fingerprint density at radius 2 is 2.03 bits per heavy atom. The normalized spacial score (nSPS) is 11.0. The molecular formula is C23H15ClFN7O4S. The van der Waals surface area contributed by atoms with Crippen LogP contribution in [0, 0.1) is 5.82 Å². The molecule has 5 rings (SSSR count). The van der Waals surface area contributed by atoms with Crippen molar-refractivity contribution in [2.75, 3.05) is 5.32 Å². The first-order valence-corrected chi connectivity index (χ1v) is 11.8. The first-order chi connectivity index (χ1) is 17.9. The minimum atomic E-state index is -1.09. The first-order valence-electron chi connectivity index (χ1n) is 10.6. The number of thiophene rings is 1. The van der Waals surface area contributed by atoms with Gasteiger partial charge in [-0.05, 0) is 18.2 Å². The van der Waals surface area contributed by atoms with Crippen LogP contribution in [0.25, 0.3) is 11.3 Å². The average Bonchev–Trinajstić information content (AvgIpc) is 3.67. The van der Waals surface area contributed by atoms with E-state index in [1.807, 2.05) is 6.07 Å². The molecule has 0 aliphatic rings. The molecule has 0 spiro atoms. The van der Waals surface area contributed by atoms with Crippen molar-refractivity contribution in [3.63, 3.8) is 0 Å². The summed E-state index contributed by atoms with van der Waals surface area (Å²) in [5.74, 6) is -2.04. The van der Waals surface area contributed by atoms with E-state index in [2.05, 4.69) is 25.4 Å². The van der Waals surface area contributed by atoms with Gasteiger partial charge in [-0.25, -0.2) is 14.4 Å². The molecule has 0 saturated carbocycles. The fraction of sp³-hybridized carbons (Fsp3) is 0.0870. The summed E-state index contributed by atoms with van der Waals surface area (Å²) in [6, 6.07) is 6.08. The number of hydrogen-bond acceptors (Lipinski definition) is 10. The lowest BCUT2D eigenvalue weighted by Gasteiger charge is -2.07. The van der Waals surface area contributed by atoms with Crippen molar-refractivity contribution >= 4 is 40.4 Å². The third-order valence-electron chi connectivity index (χ3n) is 5.12. The van der Waals surface area contributed by atoms with Crippen molar-refractivity contribution in [2.24, 2.45) is 0 Å². The quantitative estimate of drug-likeness (QED) is 0.293. The number of pyridine rings is 1. The Kier molecular flexibility index (Phi) is 6.70. The van der Waals surface area contributed by atoms with Gasteiger partial charge in [-0.3, -0.25) is 19.4 Å². The number of carbonyl (C=O) groups excluding carboxylic acids is 2. The Morgan fingerprint density at radius 3 is 2.73 bits per heavy atom. The standard InChI is InChI=1S/C23H15ClFN7O4S/c24-20-2-1-14(37-20)7-29-21-6-16(30-32(21)23(35)19-9-27-12-36-19)13-5-15(25)22(34)31(10-13)11-18(33)17-8-26-3-4-28-17/h1-6,8-10,12,29H,7,11H2. The molecular weight excluding hydrogens is 525 g/mol. The number of aromatic nitrogens is 6. The smallest absolute Gasteiger partial charge is 0.317 e. The van der Waals surface area contributed by atoms with E-state index in [9.17, 15) is 18.8 Å². The van der Waals surface area contributed by atoms with Crippen LogP contribution in [0.5, 0.6) is 0 Å². The number of oxazole rings is 1. The van der Waals surface area contributed by atoms with Crippen molar-refractivity contribution in [3.8, 4) is 11.3 Å². The highest BCUT2D eigenvalue weighted by molar-refractivity contribution is 7.16. The summed E-state index contributed by atoms with van der Waals surface area (Å²) >= 11 is 7.36. The van der Waals surface area contributed by atoms with Gasteiger partial charge in [0, 0.05) is 35.1 Å². The van der Waals surface area contributed by atoms with Crippen LogP contribution in [0.1, 0.15) is 25.9 Å². The molecule has 5 aromatic heterocycles. The number of ketones is 1. The summed E-state index contributed by atoms with van der Waals surface area (Å²) in [6.07, 6.45) is 7.63. The summed E-state index contributed by atoms with van der Waals surface area (Å²) in [4.78, 5) is 50.3. The van der Waals surface area contributed by atoms with Crippen LogP contribution in [0.2, 0.25) is 4.34 Å². The molecule has 0 aromatic carbocycles. The molecule has 186 valence electrons. The molecule has 0 bridgehead atoms. The zero-order valence-electron chi connectivity index (χ0n) is 18.7. The summed E-state index contributed by atoms with van der Waals surface area (Å²) < 4.78 is 22.3. The third-order valence-corrected chi connectivity index (χ3v) is 6.35. The van der Waals surface area contributed by atoms with Crippen LogP contribution >= 0.6 is 22.9 Å². The number of Topliss-reactive ketones (excluding diaryl/α,β-unsaturated/α-hetero) is 1. The fourth-order valence-corrected chi connectivity index (χ4v) is 4.42. The molecule has 5 heterocycles. The van der Waals surface area contributed by atoms with Crippen molar-refractivity contribution in [3.05, 3.63) is 98.5 Å². The predicted molar refractivity (Wildman–Crippen MR) is 131 cm³/mol. The number of rotatable bonds is 8. The molecule has 0 unspecified atom stereocenters. The van der Waals surface area contributed by atoms with Gasteiger partial charge in [0.2, 0.25) is 11.5 Å². The van der Waals surface area contributed by atoms with E-state index in [0.29, 0.717) is 10.9 Å². The van der Waals surface area contributed by atoms with E-state index in [1.54, 1.807) is 6.07 Å². The molecule has 37 heavy (non-hydrogen) atoms. The molecule has 0 radical (unpaired) electrons. The number of anilines is 1. The van der Waals surface area contributed by atoms with Gasteiger partial charge in [0.05, 0.1) is 35.5 Å². The van der Waals surface area contributed by atoms with Crippen LogP contribution in [0.15, 0.2) is 70.9 Å². The molecule has 0 fully saturated rings. The number of hydrogen-bond donors (Lipinski definition) is 1. The minimum absolute atomic E-state index is 0.0299. The molecule has 0 saturated heterocycles. The van der Waals surface area contributed by atoms with Gasteiger partial charge < -0.3 is 14.3 Å². The molecule has 14 heteroatoms. The van der Waals surface area contributed by atoms with Gasteiger partial charge in [0.1, 0.15) is 11.5 Å². The van der Waals surface area contributed by atoms with Crippen molar-refractivity contribution in [1.82, 2.24) is 29.3 Å². The van der Waals surface area contributed by atoms with Crippen LogP contribution in [0.4, 0.5) is 10.2 Å². The van der Waals surface area contributed by atoms with E-state index < -0.39 is 29.6 Å². The van der Waals surface area contributed by atoms with Gasteiger partial charge in [0.25, 0.3) is 5.56 Å². The van der Waals surface area contributed by atoms with Gasteiger partial charge in [-0.1, -0.05) is 11.6 Å². The number of nitrogens with one attached hydrogen (secondary N) is 1. The van der Waals surface area contributed by atoms with Gasteiger partial charge in [-0.2, -0.15) is 9.78 Å². The summed E-state index contributed by atoms with van der Waals surface area (Å²) in [5, 5.41) is 7.42. The monoisotopic (exact) mass is 539 g/mol. The van der Waals surface area contributed by atoms with Crippen LogP contribution in [-0.4, -0.2) is 41.0 Å². The second-order valence-electron chi connectivity index (χ2n) is 7.58. The van der Waals surface area contributed by atoms with E-state index in [4.69, 9.17) is 16.0 Å². The van der Waals surface area contributed by atoms with Crippen molar-refractivity contribution in [1.29, 1.82) is 0 Å². The van der Waals surface area contributed by atoms with E-state index >= 15 is 0 Å². The Balaban J connectivity index is 1.50. The van der Waals surface area contributed by atoms with Crippen LogP contribution < -0.4 is 10.9 Å². The first kappa shape index (κ1) is 24.2. The van der Waals surface area contributed by atoms with Crippen LogP contribution in [-0.2, 0) is 13.1 Å². The number of carbonyl (C=O) groups is 2. The largest absolute Gasteiger partial charge is 0.438 e. The Bertz CT molecular complexity index is 1650. The highest BCUT2D eigenvalue weighted by Crippen LogP contribution is 2.26. The minimum Gasteiger partial charge on any atom is -0.438 e. The predicted octanol–water partition coefficient (Wildman–Crippen LogP) is 3.53. The van der Waals surface area contributed by atoms with Crippen LogP contribution in [0.3, 0.4) is 0 Å². The molecule has 0 atom stereocenters. The maximum absolute atomic E-state index is 14.6. The molecule has 11 nitrogen and oxygen atoms in total. The second-order valence-corrected chi connectivity index (χ2v) is 9.38. The maximum Gasteiger partial charge on any atom is 0.317 e. The highest BCUT2D eigenvalue weighted by Gasteiger charge is 2.21. The molecule has 5 aromatic rings. The Labute approximate surface area is 216 Å². The maximum atomic E-state index is 14.6. The van der Waals surface area contributed by atoms with Gasteiger partial charge in [0.15, 0.2) is 12.2 Å². The van der Waals surface area contributed by atoms with Crippen molar-refractivity contribution < 1.29 is 18.4 Å². The lowest BCUT2D eigenvalue weighted by atomic mass is 10.2. The topological polar surface area (TPSA) is 138 Å². The summed E-state index contributed by atoms with van der Waals surface area (Å²) in [5.41, 5.74) is -0.636. The van der Waals surface area contributed by atoms with E-state index in [0.717, 1.165) is 26.6 Å².